The molecule has 0 aliphatic heterocycles. The van der Waals surface area contributed by atoms with Crippen molar-refractivity contribution in [3.63, 3.8) is 0 Å². The zero-order valence-corrected chi connectivity index (χ0v) is 11.6. The van der Waals surface area contributed by atoms with Gasteiger partial charge in [0.15, 0.2) is 0 Å². The van der Waals surface area contributed by atoms with Gasteiger partial charge in [0.25, 0.3) is 0 Å². The molecule has 1 rings (SSSR count). The molecule has 2 heteroatoms. The van der Waals surface area contributed by atoms with Gasteiger partial charge in [-0.15, -0.1) is 0 Å². The van der Waals surface area contributed by atoms with Crippen LogP contribution in [0, 0.1) is 6.92 Å². The molecule has 1 aromatic rings. The summed E-state index contributed by atoms with van der Waals surface area (Å²) in [6.45, 7) is 6.39. The van der Waals surface area contributed by atoms with Gasteiger partial charge in [-0.3, -0.25) is 0 Å². The molecule has 0 bridgehead atoms. The first-order valence-electron chi connectivity index (χ1n) is 6.52. The average Bonchev–Trinajstić information content (AvgIpc) is 2.37. The predicted octanol–water partition coefficient (Wildman–Crippen LogP) is 3.73. The molecule has 0 fully saturated rings. The fraction of sp³-hybridized carbons (Fsp3) is 0.600. The van der Waals surface area contributed by atoms with Crippen LogP contribution in [0.1, 0.15) is 44.2 Å². The summed E-state index contributed by atoms with van der Waals surface area (Å²) in [6.07, 6.45) is 4.12. The second-order valence-electron chi connectivity index (χ2n) is 3.85. The molecule has 0 saturated heterocycles. The van der Waals surface area contributed by atoms with Gasteiger partial charge in [0.2, 0.25) is 0 Å². The fourth-order valence-corrected chi connectivity index (χ4v) is 1.71. The average molecular weight is 238 g/mol. The summed E-state index contributed by atoms with van der Waals surface area (Å²) >= 11 is 0. The van der Waals surface area contributed by atoms with Crippen LogP contribution in [0.4, 0.5) is 0 Å². The lowest BCUT2D eigenvalue weighted by Crippen LogP contribution is -1.94. The zero-order valence-electron chi connectivity index (χ0n) is 11.6. The van der Waals surface area contributed by atoms with Crippen molar-refractivity contribution in [1.82, 2.24) is 0 Å². The van der Waals surface area contributed by atoms with Gasteiger partial charge in [0.05, 0.1) is 7.11 Å². The van der Waals surface area contributed by atoms with E-state index in [4.69, 9.17) is 9.84 Å². The summed E-state index contributed by atoms with van der Waals surface area (Å²) in [7, 11) is 1.71. The third-order valence-corrected chi connectivity index (χ3v) is 2.54. The number of ether oxygens (including phenoxy) is 1. The summed E-state index contributed by atoms with van der Waals surface area (Å²) < 4.78 is 5.31. The standard InChI is InChI=1S/C13H20O2.C2H6/c1-11-7-8-13(15-2)12(10-11)6-4-3-5-9-14;1-2/h7-8,10,14H,3-6,9H2,1-2H3;1-2H3. The highest BCUT2D eigenvalue weighted by molar-refractivity contribution is 5.36. The summed E-state index contributed by atoms with van der Waals surface area (Å²) in [4.78, 5) is 0. The first-order chi connectivity index (χ1) is 8.27. The largest absolute Gasteiger partial charge is 0.496 e. The number of aliphatic hydroxyl groups excluding tert-OH is 1. The second-order valence-corrected chi connectivity index (χ2v) is 3.85. The molecule has 0 atom stereocenters. The highest BCUT2D eigenvalue weighted by atomic mass is 16.5. The Morgan fingerprint density at radius 1 is 1.12 bits per heavy atom. The van der Waals surface area contributed by atoms with Gasteiger partial charge >= 0.3 is 0 Å². The molecule has 0 heterocycles. The molecule has 1 aromatic carbocycles. The minimum Gasteiger partial charge on any atom is -0.496 e. The molecule has 17 heavy (non-hydrogen) atoms. The number of hydrogen-bond acceptors (Lipinski definition) is 2. The number of aryl methyl sites for hydroxylation is 2. The van der Waals surface area contributed by atoms with Crippen LogP contribution in [0.3, 0.4) is 0 Å². The summed E-state index contributed by atoms with van der Waals surface area (Å²) in [5.74, 6) is 0.976. The van der Waals surface area contributed by atoms with Crippen LogP contribution in [-0.4, -0.2) is 18.8 Å². The summed E-state index contributed by atoms with van der Waals surface area (Å²) in [5, 5.41) is 8.68. The quantitative estimate of drug-likeness (QED) is 0.765. The number of benzene rings is 1. The first kappa shape index (κ1) is 16.0. The SMILES string of the molecule is CC.COc1ccc(C)cc1CCCCCO. The lowest BCUT2D eigenvalue weighted by Gasteiger charge is -2.09. The molecule has 98 valence electrons. The maximum absolute atomic E-state index is 8.68. The maximum Gasteiger partial charge on any atom is 0.122 e. The van der Waals surface area contributed by atoms with Crippen LogP contribution in [-0.2, 0) is 6.42 Å². The Labute approximate surface area is 106 Å². The van der Waals surface area contributed by atoms with Crippen molar-refractivity contribution < 1.29 is 9.84 Å². The topological polar surface area (TPSA) is 29.5 Å². The summed E-state index contributed by atoms with van der Waals surface area (Å²) in [5.41, 5.74) is 2.54. The molecular formula is C15H26O2. The van der Waals surface area contributed by atoms with Crippen molar-refractivity contribution in [2.24, 2.45) is 0 Å². The number of methoxy groups -OCH3 is 1. The molecule has 0 saturated carbocycles. The molecule has 0 unspecified atom stereocenters. The molecule has 1 N–H and O–H groups in total. The van der Waals surface area contributed by atoms with E-state index in [1.165, 1.54) is 11.1 Å². The van der Waals surface area contributed by atoms with E-state index in [1.54, 1.807) is 7.11 Å². The van der Waals surface area contributed by atoms with Gasteiger partial charge in [-0.2, -0.15) is 0 Å². The Balaban J connectivity index is 0.00000121. The van der Waals surface area contributed by atoms with Crippen molar-refractivity contribution in [2.75, 3.05) is 13.7 Å². The molecular weight excluding hydrogens is 212 g/mol. The Kier molecular flexibility index (Phi) is 9.55. The van der Waals surface area contributed by atoms with E-state index in [0.29, 0.717) is 6.61 Å². The molecule has 0 aliphatic rings. The van der Waals surface area contributed by atoms with Gasteiger partial charge in [0.1, 0.15) is 5.75 Å². The van der Waals surface area contributed by atoms with Gasteiger partial charge in [-0.05, 0) is 37.8 Å². The Morgan fingerprint density at radius 2 is 1.82 bits per heavy atom. The third-order valence-electron chi connectivity index (χ3n) is 2.54. The monoisotopic (exact) mass is 238 g/mol. The van der Waals surface area contributed by atoms with E-state index in [2.05, 4.69) is 19.1 Å². The first-order valence-corrected chi connectivity index (χ1v) is 6.52. The van der Waals surface area contributed by atoms with Gasteiger partial charge in [-0.25, -0.2) is 0 Å². The van der Waals surface area contributed by atoms with Crippen molar-refractivity contribution >= 4 is 0 Å². The number of rotatable bonds is 6. The van der Waals surface area contributed by atoms with Gasteiger partial charge < -0.3 is 9.84 Å². The fourth-order valence-electron chi connectivity index (χ4n) is 1.71. The van der Waals surface area contributed by atoms with Crippen LogP contribution in [0.2, 0.25) is 0 Å². The number of unbranched alkanes of at least 4 members (excludes halogenated alkanes) is 2. The van der Waals surface area contributed by atoms with Gasteiger partial charge in [0, 0.05) is 6.61 Å². The molecule has 2 nitrogen and oxygen atoms in total. The van der Waals surface area contributed by atoms with Crippen molar-refractivity contribution in [1.29, 1.82) is 0 Å². The second kappa shape index (κ2) is 10.2. The van der Waals surface area contributed by atoms with Crippen LogP contribution in [0.15, 0.2) is 18.2 Å². The highest BCUT2D eigenvalue weighted by Gasteiger charge is 2.02. The molecule has 0 aliphatic carbocycles. The lowest BCUT2D eigenvalue weighted by atomic mass is 10.0. The molecule has 0 spiro atoms. The predicted molar refractivity (Wildman–Crippen MR) is 73.7 cm³/mol. The number of aliphatic hydroxyl groups is 1. The van der Waals surface area contributed by atoms with Crippen LogP contribution in [0.5, 0.6) is 5.75 Å². The molecule has 0 radical (unpaired) electrons. The molecule has 0 amide bonds. The van der Waals surface area contributed by atoms with Gasteiger partial charge in [-0.1, -0.05) is 38.0 Å². The zero-order chi connectivity index (χ0) is 13.1. The Bertz CT molecular complexity index is 295. The Hall–Kier alpha value is -1.02. The van der Waals surface area contributed by atoms with E-state index >= 15 is 0 Å². The van der Waals surface area contributed by atoms with E-state index < -0.39 is 0 Å². The van der Waals surface area contributed by atoms with Crippen molar-refractivity contribution in [3.05, 3.63) is 29.3 Å². The van der Waals surface area contributed by atoms with Crippen molar-refractivity contribution in [2.45, 2.75) is 46.5 Å². The molecule has 0 aromatic heterocycles. The van der Waals surface area contributed by atoms with E-state index in [9.17, 15) is 0 Å². The van der Waals surface area contributed by atoms with Crippen molar-refractivity contribution in [3.8, 4) is 5.75 Å². The lowest BCUT2D eigenvalue weighted by molar-refractivity contribution is 0.283. The Morgan fingerprint density at radius 3 is 2.41 bits per heavy atom. The maximum atomic E-state index is 8.68. The third kappa shape index (κ3) is 6.32. The van der Waals surface area contributed by atoms with E-state index in [0.717, 1.165) is 31.4 Å². The van der Waals surface area contributed by atoms with Crippen LogP contribution < -0.4 is 4.74 Å². The number of hydrogen-bond donors (Lipinski definition) is 1. The minimum absolute atomic E-state index is 0.297. The van der Waals surface area contributed by atoms with E-state index in [-0.39, 0.29) is 0 Å². The van der Waals surface area contributed by atoms with Crippen LogP contribution in [0.25, 0.3) is 0 Å². The normalized spacial score (nSPS) is 9.47. The minimum atomic E-state index is 0.297. The highest BCUT2D eigenvalue weighted by Crippen LogP contribution is 2.21. The smallest absolute Gasteiger partial charge is 0.122 e. The van der Waals surface area contributed by atoms with E-state index in [1.807, 2.05) is 19.9 Å². The summed E-state index contributed by atoms with van der Waals surface area (Å²) in [6, 6.07) is 6.27. The van der Waals surface area contributed by atoms with Crippen LogP contribution >= 0.6 is 0 Å².